The van der Waals surface area contributed by atoms with E-state index in [0.717, 1.165) is 13.0 Å². The van der Waals surface area contributed by atoms with Gasteiger partial charge in [-0.1, -0.05) is 61.0 Å². The normalized spacial score (nSPS) is 12.3. The first-order valence-electron chi connectivity index (χ1n) is 7.55. The number of fused-ring (bicyclic) bond motifs is 1. The molecule has 0 saturated heterocycles. The second-order valence-corrected chi connectivity index (χ2v) is 5.65. The van der Waals surface area contributed by atoms with Gasteiger partial charge in [-0.05, 0) is 49.6 Å². The lowest BCUT2D eigenvalue weighted by molar-refractivity contribution is 0.583. The van der Waals surface area contributed by atoms with Crippen molar-refractivity contribution < 1.29 is 0 Å². The second kappa shape index (κ2) is 7.25. The van der Waals surface area contributed by atoms with E-state index in [-0.39, 0.29) is 0 Å². The molecule has 0 amide bonds. The van der Waals surface area contributed by atoms with Gasteiger partial charge in [0.25, 0.3) is 0 Å². The van der Waals surface area contributed by atoms with Gasteiger partial charge in [-0.2, -0.15) is 0 Å². The number of nitrogens with one attached hydrogen (secondary N) is 1. The van der Waals surface area contributed by atoms with Crippen LogP contribution in [0, 0.1) is 0 Å². The average molecular weight is 267 g/mol. The van der Waals surface area contributed by atoms with Crippen LogP contribution >= 0.6 is 0 Å². The zero-order chi connectivity index (χ0) is 14.4. The van der Waals surface area contributed by atoms with Crippen LogP contribution in [0.1, 0.15) is 32.8 Å². The van der Waals surface area contributed by atoms with Gasteiger partial charge in [0, 0.05) is 6.04 Å². The molecule has 1 N–H and O–H groups in total. The predicted molar refractivity (Wildman–Crippen MR) is 89.2 cm³/mol. The molecule has 2 rings (SSSR count). The molecule has 1 nitrogen and oxygen atoms in total. The third kappa shape index (κ3) is 3.94. The Morgan fingerprint density at radius 2 is 1.85 bits per heavy atom. The van der Waals surface area contributed by atoms with Crippen LogP contribution in [0.15, 0.2) is 54.1 Å². The van der Waals surface area contributed by atoms with E-state index in [9.17, 15) is 0 Å². The molecule has 0 aliphatic rings. The monoisotopic (exact) mass is 267 g/mol. The molecule has 106 valence electrons. The molecule has 0 spiro atoms. The van der Waals surface area contributed by atoms with Gasteiger partial charge in [0.15, 0.2) is 0 Å². The van der Waals surface area contributed by atoms with Crippen LogP contribution in [0.2, 0.25) is 0 Å². The van der Waals surface area contributed by atoms with Crippen LogP contribution in [0.5, 0.6) is 0 Å². The molecule has 0 bridgehead atoms. The largest absolute Gasteiger partial charge is 0.310 e. The third-order valence-electron chi connectivity index (χ3n) is 3.51. The van der Waals surface area contributed by atoms with Gasteiger partial charge in [-0.3, -0.25) is 0 Å². The van der Waals surface area contributed by atoms with Gasteiger partial charge in [0.1, 0.15) is 0 Å². The molecule has 0 aliphatic heterocycles. The fourth-order valence-electron chi connectivity index (χ4n) is 2.63. The first kappa shape index (κ1) is 14.8. The highest BCUT2D eigenvalue weighted by molar-refractivity contribution is 5.85. The van der Waals surface area contributed by atoms with Crippen molar-refractivity contribution in [3.63, 3.8) is 0 Å². The Kier molecular flexibility index (Phi) is 5.37. The molecule has 20 heavy (non-hydrogen) atoms. The van der Waals surface area contributed by atoms with Crippen LogP contribution in [0.3, 0.4) is 0 Å². The summed E-state index contributed by atoms with van der Waals surface area (Å²) in [5.41, 5.74) is 2.80. The third-order valence-corrected chi connectivity index (χ3v) is 3.51. The summed E-state index contributed by atoms with van der Waals surface area (Å²) in [6.07, 6.45) is 4.56. The number of hydrogen-bond donors (Lipinski definition) is 1. The van der Waals surface area contributed by atoms with E-state index in [2.05, 4.69) is 74.6 Å². The summed E-state index contributed by atoms with van der Waals surface area (Å²) in [5, 5.41) is 6.34. The van der Waals surface area contributed by atoms with Gasteiger partial charge < -0.3 is 5.32 Å². The van der Waals surface area contributed by atoms with Crippen molar-refractivity contribution in [2.75, 3.05) is 6.54 Å². The fraction of sp³-hybridized carbons (Fsp3) is 0.368. The highest BCUT2D eigenvalue weighted by atomic mass is 14.9. The lowest BCUT2D eigenvalue weighted by atomic mass is 9.98. The molecular weight excluding hydrogens is 242 g/mol. The SMILES string of the molecule is CCCNC(C=C(C)C)Cc1cccc2ccccc12. The maximum atomic E-state index is 3.64. The van der Waals surface area contributed by atoms with Crippen molar-refractivity contribution >= 4 is 10.8 Å². The first-order valence-corrected chi connectivity index (χ1v) is 7.55. The minimum absolute atomic E-state index is 0.422. The lowest BCUT2D eigenvalue weighted by Gasteiger charge is -2.17. The summed E-state index contributed by atoms with van der Waals surface area (Å²) >= 11 is 0. The molecule has 2 aromatic rings. The van der Waals surface area contributed by atoms with Crippen LogP contribution in [-0.2, 0) is 6.42 Å². The Morgan fingerprint density at radius 3 is 2.60 bits per heavy atom. The number of allylic oxidation sites excluding steroid dienone is 1. The lowest BCUT2D eigenvalue weighted by Crippen LogP contribution is -2.30. The summed E-state index contributed by atoms with van der Waals surface area (Å²) in [6.45, 7) is 7.62. The molecule has 1 heteroatoms. The topological polar surface area (TPSA) is 12.0 Å². The molecule has 0 fully saturated rings. The molecular formula is C19H25N. The summed E-state index contributed by atoms with van der Waals surface area (Å²) in [7, 11) is 0. The second-order valence-electron chi connectivity index (χ2n) is 5.65. The van der Waals surface area contributed by atoms with Gasteiger partial charge in [0.05, 0.1) is 0 Å². The van der Waals surface area contributed by atoms with Crippen LogP contribution in [0.4, 0.5) is 0 Å². The Hall–Kier alpha value is -1.60. The smallest absolute Gasteiger partial charge is 0.0293 e. The molecule has 0 aromatic heterocycles. The molecule has 0 heterocycles. The summed E-state index contributed by atoms with van der Waals surface area (Å²) in [5.74, 6) is 0. The minimum atomic E-state index is 0.422. The van der Waals surface area contributed by atoms with Crippen molar-refractivity contribution in [2.45, 2.75) is 39.7 Å². The van der Waals surface area contributed by atoms with Gasteiger partial charge in [0.2, 0.25) is 0 Å². The molecule has 1 unspecified atom stereocenters. The quantitative estimate of drug-likeness (QED) is 0.747. The summed E-state index contributed by atoms with van der Waals surface area (Å²) < 4.78 is 0. The van der Waals surface area contributed by atoms with E-state index < -0.39 is 0 Å². The van der Waals surface area contributed by atoms with Crippen LogP contribution < -0.4 is 5.32 Å². The van der Waals surface area contributed by atoms with Gasteiger partial charge in [-0.25, -0.2) is 0 Å². The van der Waals surface area contributed by atoms with E-state index in [1.165, 1.54) is 28.3 Å². The maximum absolute atomic E-state index is 3.64. The summed E-state index contributed by atoms with van der Waals surface area (Å²) in [6, 6.07) is 15.7. The van der Waals surface area contributed by atoms with Crippen molar-refractivity contribution in [3.8, 4) is 0 Å². The Balaban J connectivity index is 2.26. The molecule has 1 atom stereocenters. The van der Waals surface area contributed by atoms with Crippen molar-refractivity contribution in [1.82, 2.24) is 5.32 Å². The van der Waals surface area contributed by atoms with E-state index in [1.807, 2.05) is 0 Å². The average Bonchev–Trinajstić information content (AvgIpc) is 2.44. The Bertz CT molecular complexity index is 574. The molecule has 0 aliphatic carbocycles. The number of hydrogen-bond acceptors (Lipinski definition) is 1. The van der Waals surface area contributed by atoms with Gasteiger partial charge >= 0.3 is 0 Å². The summed E-state index contributed by atoms with van der Waals surface area (Å²) in [4.78, 5) is 0. The highest BCUT2D eigenvalue weighted by Gasteiger charge is 2.08. The number of benzene rings is 2. The fourth-order valence-corrected chi connectivity index (χ4v) is 2.63. The van der Waals surface area contributed by atoms with E-state index in [0.29, 0.717) is 6.04 Å². The molecule has 0 radical (unpaired) electrons. The Morgan fingerprint density at radius 1 is 1.10 bits per heavy atom. The van der Waals surface area contributed by atoms with Gasteiger partial charge in [-0.15, -0.1) is 0 Å². The van der Waals surface area contributed by atoms with E-state index in [1.54, 1.807) is 0 Å². The zero-order valence-electron chi connectivity index (χ0n) is 12.8. The zero-order valence-corrected chi connectivity index (χ0v) is 12.8. The standard InChI is InChI=1S/C19H25N/c1-4-12-20-18(13-15(2)3)14-17-10-7-9-16-8-5-6-11-19(16)17/h5-11,13,18,20H,4,12,14H2,1-3H3. The van der Waals surface area contributed by atoms with Crippen LogP contribution in [0.25, 0.3) is 10.8 Å². The van der Waals surface area contributed by atoms with Crippen molar-refractivity contribution in [3.05, 3.63) is 59.7 Å². The highest BCUT2D eigenvalue weighted by Crippen LogP contribution is 2.20. The van der Waals surface area contributed by atoms with Crippen molar-refractivity contribution in [1.29, 1.82) is 0 Å². The van der Waals surface area contributed by atoms with Crippen molar-refractivity contribution in [2.24, 2.45) is 0 Å². The predicted octanol–water partition coefficient (Wildman–Crippen LogP) is 4.72. The van der Waals surface area contributed by atoms with E-state index in [4.69, 9.17) is 0 Å². The number of rotatable bonds is 6. The Labute approximate surface area is 122 Å². The maximum Gasteiger partial charge on any atom is 0.0293 e. The molecule has 2 aromatic carbocycles. The first-order chi connectivity index (χ1) is 9.70. The minimum Gasteiger partial charge on any atom is -0.310 e. The van der Waals surface area contributed by atoms with E-state index >= 15 is 0 Å². The molecule has 0 saturated carbocycles. The van der Waals surface area contributed by atoms with Crippen LogP contribution in [-0.4, -0.2) is 12.6 Å².